The van der Waals surface area contributed by atoms with Crippen molar-refractivity contribution in [2.24, 2.45) is 5.41 Å². The van der Waals surface area contributed by atoms with Crippen LogP contribution in [0.25, 0.3) is 0 Å². The van der Waals surface area contributed by atoms with E-state index in [1.807, 2.05) is 6.07 Å². The number of carbonyl (C=O) groups excluding carboxylic acids is 1. The summed E-state index contributed by atoms with van der Waals surface area (Å²) in [5.74, 6) is 0.322. The van der Waals surface area contributed by atoms with Crippen LogP contribution >= 0.6 is 0 Å². The summed E-state index contributed by atoms with van der Waals surface area (Å²) in [5, 5.41) is 8.32. The second kappa shape index (κ2) is 4.46. The summed E-state index contributed by atoms with van der Waals surface area (Å²) in [7, 11) is -3.49. The molecule has 1 fully saturated rings. The highest BCUT2D eigenvalue weighted by Crippen LogP contribution is 2.62. The number of nitriles is 1. The topological polar surface area (TPSA) is 93.5 Å². The van der Waals surface area contributed by atoms with Crippen molar-refractivity contribution in [3.8, 4) is 17.6 Å². The third-order valence-electron chi connectivity index (χ3n) is 4.11. The Kier molecular flexibility index (Phi) is 2.95. The monoisotopic (exact) mass is 307 g/mol. The number of hydrogen-bond donors (Lipinski definition) is 0. The van der Waals surface area contributed by atoms with Crippen LogP contribution in [0.5, 0.6) is 11.5 Å². The molecule has 1 aliphatic heterocycles. The van der Waals surface area contributed by atoms with Crippen LogP contribution in [-0.4, -0.2) is 32.5 Å². The van der Waals surface area contributed by atoms with Gasteiger partial charge in [0.1, 0.15) is 11.7 Å². The van der Waals surface area contributed by atoms with E-state index in [1.165, 1.54) is 6.92 Å². The van der Waals surface area contributed by atoms with Gasteiger partial charge in [-0.25, -0.2) is 8.42 Å². The van der Waals surface area contributed by atoms with Crippen molar-refractivity contribution in [2.45, 2.75) is 18.1 Å². The van der Waals surface area contributed by atoms with Crippen molar-refractivity contribution in [3.63, 3.8) is 0 Å². The first-order valence-electron chi connectivity index (χ1n) is 6.49. The minimum Gasteiger partial charge on any atom is -0.454 e. The number of fused-ring (bicyclic) bond motifs is 1. The normalized spacial score (nSPS) is 29.7. The summed E-state index contributed by atoms with van der Waals surface area (Å²) in [6.45, 7) is 1.62. The van der Waals surface area contributed by atoms with Gasteiger partial charge in [-0.2, -0.15) is 5.26 Å². The van der Waals surface area contributed by atoms with E-state index in [9.17, 15) is 18.5 Å². The van der Waals surface area contributed by atoms with Crippen LogP contribution in [0.15, 0.2) is 18.2 Å². The SMILES string of the molecule is CCS(=O)(=O)[C@@H]1[C@@H](c2ccc3c(c2)OCO3)[C@@]1(C#N)C=O. The lowest BCUT2D eigenvalue weighted by molar-refractivity contribution is -0.110. The van der Waals surface area contributed by atoms with Crippen molar-refractivity contribution in [1.82, 2.24) is 0 Å². The summed E-state index contributed by atoms with van der Waals surface area (Å²) in [5.41, 5.74) is -0.891. The molecule has 1 aromatic rings. The van der Waals surface area contributed by atoms with Crippen LogP contribution in [0, 0.1) is 16.7 Å². The molecule has 0 amide bonds. The van der Waals surface area contributed by atoms with Crippen LogP contribution in [0.3, 0.4) is 0 Å². The lowest BCUT2D eigenvalue weighted by Gasteiger charge is -2.02. The third kappa shape index (κ3) is 1.83. The van der Waals surface area contributed by atoms with Gasteiger partial charge in [0.2, 0.25) is 6.79 Å². The molecule has 0 saturated heterocycles. The van der Waals surface area contributed by atoms with Gasteiger partial charge in [0, 0.05) is 11.7 Å². The van der Waals surface area contributed by atoms with Crippen LogP contribution in [0.2, 0.25) is 0 Å². The number of sulfone groups is 1. The zero-order valence-corrected chi connectivity index (χ0v) is 12.1. The van der Waals surface area contributed by atoms with Gasteiger partial charge < -0.3 is 14.3 Å². The highest BCUT2D eigenvalue weighted by Gasteiger charge is 2.72. The highest BCUT2D eigenvalue weighted by atomic mass is 32.2. The van der Waals surface area contributed by atoms with Gasteiger partial charge >= 0.3 is 0 Å². The quantitative estimate of drug-likeness (QED) is 0.771. The van der Waals surface area contributed by atoms with Gasteiger partial charge in [0.15, 0.2) is 21.3 Å². The maximum absolute atomic E-state index is 12.1. The average molecular weight is 307 g/mol. The predicted molar refractivity (Wildman–Crippen MR) is 72.7 cm³/mol. The summed E-state index contributed by atoms with van der Waals surface area (Å²) in [6, 6.07) is 6.88. The molecule has 0 spiro atoms. The molecule has 21 heavy (non-hydrogen) atoms. The van der Waals surface area contributed by atoms with Gasteiger partial charge in [-0.15, -0.1) is 0 Å². The molecule has 3 atom stereocenters. The summed E-state index contributed by atoms with van der Waals surface area (Å²) in [4.78, 5) is 11.4. The first-order valence-corrected chi connectivity index (χ1v) is 8.20. The number of aldehydes is 1. The van der Waals surface area contributed by atoms with E-state index in [-0.39, 0.29) is 12.5 Å². The largest absolute Gasteiger partial charge is 0.454 e. The smallest absolute Gasteiger partial charge is 0.231 e. The highest BCUT2D eigenvalue weighted by molar-refractivity contribution is 7.92. The number of carbonyl (C=O) groups is 1. The van der Waals surface area contributed by atoms with E-state index < -0.39 is 26.4 Å². The molecule has 0 unspecified atom stereocenters. The number of rotatable bonds is 4. The van der Waals surface area contributed by atoms with Crippen molar-refractivity contribution < 1.29 is 22.7 Å². The zero-order chi connectivity index (χ0) is 15.3. The first-order chi connectivity index (χ1) is 10.00. The summed E-state index contributed by atoms with van der Waals surface area (Å²) < 4.78 is 34.7. The molecule has 0 radical (unpaired) electrons. The van der Waals surface area contributed by atoms with Gasteiger partial charge in [-0.1, -0.05) is 13.0 Å². The molecule has 1 saturated carbocycles. The Morgan fingerprint density at radius 1 is 1.43 bits per heavy atom. The van der Waals surface area contributed by atoms with Crippen molar-refractivity contribution in [1.29, 1.82) is 5.26 Å². The first kappa shape index (κ1) is 13.9. The van der Waals surface area contributed by atoms with Gasteiger partial charge in [-0.05, 0) is 17.7 Å². The molecule has 1 aliphatic carbocycles. The lowest BCUT2D eigenvalue weighted by Crippen LogP contribution is -2.17. The van der Waals surface area contributed by atoms with Crippen molar-refractivity contribution >= 4 is 16.1 Å². The van der Waals surface area contributed by atoms with Crippen LogP contribution in [0.4, 0.5) is 0 Å². The molecule has 0 bridgehead atoms. The molecule has 3 rings (SSSR count). The second-order valence-corrected chi connectivity index (χ2v) is 7.54. The van der Waals surface area contributed by atoms with E-state index in [2.05, 4.69) is 0 Å². The van der Waals surface area contributed by atoms with Crippen LogP contribution < -0.4 is 9.47 Å². The lowest BCUT2D eigenvalue weighted by atomic mass is 10.0. The standard InChI is InChI=1S/C14H13NO5S/c1-2-21(17,18)13-12(14(13,6-15)7-16)9-3-4-10-11(5-9)20-8-19-10/h3-5,7,12-13H,2,8H2,1H3/t12-,13-,14-/m1/s1. The molecular weight excluding hydrogens is 294 g/mol. The molecule has 0 N–H and O–H groups in total. The van der Waals surface area contributed by atoms with Crippen molar-refractivity contribution in [3.05, 3.63) is 23.8 Å². The average Bonchev–Trinajstić information content (AvgIpc) is 2.98. The Morgan fingerprint density at radius 3 is 2.76 bits per heavy atom. The van der Waals surface area contributed by atoms with Gasteiger partial charge in [-0.3, -0.25) is 0 Å². The van der Waals surface area contributed by atoms with Crippen LogP contribution in [-0.2, 0) is 14.6 Å². The fraction of sp³-hybridized carbons (Fsp3) is 0.429. The maximum Gasteiger partial charge on any atom is 0.231 e. The molecule has 1 aromatic carbocycles. The Labute approximate surface area is 122 Å². The van der Waals surface area contributed by atoms with E-state index >= 15 is 0 Å². The number of benzene rings is 1. The molecule has 6 nitrogen and oxygen atoms in total. The van der Waals surface area contributed by atoms with E-state index in [1.54, 1.807) is 18.2 Å². The minimum atomic E-state index is -3.49. The number of ether oxygens (including phenoxy) is 2. The minimum absolute atomic E-state index is 0.101. The number of hydrogen-bond acceptors (Lipinski definition) is 6. The molecule has 110 valence electrons. The van der Waals surface area contributed by atoms with Crippen LogP contribution in [0.1, 0.15) is 18.4 Å². The Hall–Kier alpha value is -2.07. The van der Waals surface area contributed by atoms with Gasteiger partial charge in [0.05, 0.1) is 11.3 Å². The van der Waals surface area contributed by atoms with Crippen molar-refractivity contribution in [2.75, 3.05) is 12.5 Å². The summed E-state index contributed by atoms with van der Waals surface area (Å²) in [6.07, 6.45) is 0.458. The Bertz CT molecular complexity index is 751. The maximum atomic E-state index is 12.1. The van der Waals surface area contributed by atoms with E-state index in [4.69, 9.17) is 9.47 Å². The fourth-order valence-electron chi connectivity index (χ4n) is 2.92. The molecule has 2 aliphatic rings. The number of nitrogens with zero attached hydrogens (tertiary/aromatic N) is 1. The predicted octanol–water partition coefficient (Wildman–Crippen LogP) is 1.02. The fourth-order valence-corrected chi connectivity index (χ4v) is 4.84. The van der Waals surface area contributed by atoms with E-state index in [0.717, 1.165) is 0 Å². The van der Waals surface area contributed by atoms with E-state index in [0.29, 0.717) is 23.3 Å². The molecule has 7 heteroatoms. The molecule has 0 aromatic heterocycles. The van der Waals surface area contributed by atoms with Gasteiger partial charge in [0.25, 0.3) is 0 Å². The second-order valence-electron chi connectivity index (χ2n) is 5.13. The Morgan fingerprint density at radius 2 is 2.14 bits per heavy atom. The summed E-state index contributed by atoms with van der Waals surface area (Å²) >= 11 is 0. The third-order valence-corrected chi connectivity index (χ3v) is 6.35. The Balaban J connectivity index is 2.05. The zero-order valence-electron chi connectivity index (χ0n) is 11.3. The molecule has 1 heterocycles. The molecular formula is C14H13NO5S.